The van der Waals surface area contributed by atoms with E-state index in [2.05, 4.69) is 34.7 Å². The van der Waals surface area contributed by atoms with Crippen molar-refractivity contribution in [2.45, 2.75) is 13.8 Å². The largest absolute Gasteiger partial charge is 0.436 e. The van der Waals surface area contributed by atoms with Gasteiger partial charge in [0.25, 0.3) is 11.7 Å². The number of nitrogens with zero attached hydrogens (tertiary/aromatic N) is 9. The number of para-hydroxylation sites is 1. The average Bonchev–Trinajstić information content (AvgIpc) is 2.84. The second-order valence-corrected chi connectivity index (χ2v) is 7.01. The van der Waals surface area contributed by atoms with E-state index >= 15 is 0 Å². The van der Waals surface area contributed by atoms with Gasteiger partial charge in [0.1, 0.15) is 45.5 Å². The summed E-state index contributed by atoms with van der Waals surface area (Å²) in [6.45, 7) is 10.7. The number of hydrogen-bond acceptors (Lipinski definition) is 9. The second-order valence-electron chi connectivity index (χ2n) is 7.01. The van der Waals surface area contributed by atoms with Gasteiger partial charge in [-0.3, -0.25) is 4.98 Å². The molecule has 0 bridgehead atoms. The highest BCUT2D eigenvalue weighted by Gasteiger charge is 2.24. The Hall–Kier alpha value is -5.27. The molecule has 0 saturated heterocycles. The molecule has 0 spiro atoms. The Bertz CT molecular complexity index is 1710. The van der Waals surface area contributed by atoms with Crippen LogP contribution in [0.4, 0.5) is 5.82 Å². The molecule has 0 aliphatic heterocycles. The first-order valence-corrected chi connectivity index (χ1v) is 9.65. The van der Waals surface area contributed by atoms with Gasteiger partial charge in [0.2, 0.25) is 11.2 Å². The minimum atomic E-state index is -0.0544. The molecule has 3 heterocycles. The predicted molar refractivity (Wildman–Crippen MR) is 117 cm³/mol. The van der Waals surface area contributed by atoms with Gasteiger partial charge in [-0.1, -0.05) is 24.8 Å². The summed E-state index contributed by atoms with van der Waals surface area (Å²) in [7, 11) is 0. The molecule has 10 heteroatoms. The lowest BCUT2D eigenvalue weighted by Gasteiger charge is -2.10. The van der Waals surface area contributed by atoms with Crippen LogP contribution in [0.2, 0.25) is 0 Å². The highest BCUT2D eigenvalue weighted by molar-refractivity contribution is 6.18. The van der Waals surface area contributed by atoms with Gasteiger partial charge in [0.15, 0.2) is 5.69 Å². The van der Waals surface area contributed by atoms with Gasteiger partial charge in [-0.15, -0.1) is 4.98 Å². The molecular formula is C23H11N9O. The number of hydrogen-bond donors (Lipinski definition) is 0. The molecule has 5 rings (SSSR count). The van der Waals surface area contributed by atoms with Gasteiger partial charge in [0.05, 0.1) is 11.4 Å². The van der Waals surface area contributed by atoms with Crippen LogP contribution in [0.15, 0.2) is 30.3 Å². The zero-order valence-electron chi connectivity index (χ0n) is 17.3. The van der Waals surface area contributed by atoms with Gasteiger partial charge in [-0.05, 0) is 26.0 Å². The fourth-order valence-electron chi connectivity index (χ4n) is 3.40. The third-order valence-electron chi connectivity index (χ3n) is 4.93. The summed E-state index contributed by atoms with van der Waals surface area (Å²) < 4.78 is 5.82. The Morgan fingerprint density at radius 2 is 1.27 bits per heavy atom. The van der Waals surface area contributed by atoms with Crippen molar-refractivity contribution < 1.29 is 4.74 Å². The fraction of sp³-hybridized carbons (Fsp3) is 0.0870. The lowest BCUT2D eigenvalue weighted by Crippen LogP contribution is -2.03. The first-order chi connectivity index (χ1) is 16.0. The van der Waals surface area contributed by atoms with Crippen LogP contribution in [0.25, 0.3) is 37.9 Å². The van der Waals surface area contributed by atoms with Crippen LogP contribution in [-0.4, -0.2) is 29.9 Å². The molecule has 3 aromatic heterocycles. The smallest absolute Gasteiger partial charge is 0.291 e. The lowest BCUT2D eigenvalue weighted by atomic mass is 10.1. The molecule has 0 radical (unpaired) electrons. The maximum atomic E-state index is 9.72. The van der Waals surface area contributed by atoms with E-state index in [0.717, 1.165) is 0 Å². The third-order valence-corrected chi connectivity index (χ3v) is 4.93. The van der Waals surface area contributed by atoms with Gasteiger partial charge in [-0.2, -0.15) is 10.5 Å². The topological polar surface area (TPSA) is 139 Å². The molecule has 0 unspecified atom stereocenters. The molecule has 33 heavy (non-hydrogen) atoms. The van der Waals surface area contributed by atoms with E-state index in [9.17, 15) is 10.5 Å². The van der Waals surface area contributed by atoms with E-state index in [1.54, 1.807) is 38.1 Å². The van der Waals surface area contributed by atoms with E-state index in [1.165, 1.54) is 0 Å². The molecule has 10 nitrogen and oxygen atoms in total. The van der Waals surface area contributed by atoms with Crippen molar-refractivity contribution in [3.63, 3.8) is 0 Å². The number of fused-ring (bicyclic) bond motifs is 6. The molecule has 0 aliphatic carbocycles. The Morgan fingerprint density at radius 1 is 0.727 bits per heavy atom. The van der Waals surface area contributed by atoms with Crippen LogP contribution in [-0.2, 0) is 0 Å². The maximum absolute atomic E-state index is 9.72. The van der Waals surface area contributed by atoms with Crippen LogP contribution in [0.1, 0.15) is 22.8 Å². The second kappa shape index (κ2) is 7.45. The quantitative estimate of drug-likeness (QED) is 0.298. The van der Waals surface area contributed by atoms with Crippen LogP contribution >= 0.6 is 0 Å². The minimum Gasteiger partial charge on any atom is -0.436 e. The summed E-state index contributed by atoms with van der Waals surface area (Å²) in [4.78, 5) is 30.4. The number of rotatable bonds is 2. The fourth-order valence-corrected chi connectivity index (χ4v) is 3.40. The molecule has 0 atom stereocenters. The summed E-state index contributed by atoms with van der Waals surface area (Å²) in [5.74, 6) is 0.578. The highest BCUT2D eigenvalue weighted by Crippen LogP contribution is 2.34. The van der Waals surface area contributed by atoms with Crippen molar-refractivity contribution in [2.75, 3.05) is 0 Å². The van der Waals surface area contributed by atoms with E-state index in [0.29, 0.717) is 33.7 Å². The number of ether oxygens (including phenoxy) is 1. The Morgan fingerprint density at radius 3 is 1.91 bits per heavy atom. The van der Waals surface area contributed by atoms with Crippen molar-refractivity contribution in [1.82, 2.24) is 29.9 Å². The van der Waals surface area contributed by atoms with Gasteiger partial charge in [0, 0.05) is 0 Å². The van der Waals surface area contributed by atoms with Crippen molar-refractivity contribution in [3.05, 3.63) is 64.5 Å². The number of aryl methyl sites for hydroxylation is 2. The van der Waals surface area contributed by atoms with Gasteiger partial charge in [-0.25, -0.2) is 19.9 Å². The number of nitriles is 2. The van der Waals surface area contributed by atoms with Crippen molar-refractivity contribution >= 4 is 38.9 Å². The average molecular weight is 429 g/mol. The van der Waals surface area contributed by atoms with E-state index in [-0.39, 0.29) is 39.6 Å². The van der Waals surface area contributed by atoms with E-state index in [1.807, 2.05) is 18.2 Å². The minimum absolute atomic E-state index is 0.0137. The molecule has 5 aromatic rings. The summed E-state index contributed by atoms with van der Waals surface area (Å²) in [5, 5.41) is 19.2. The number of aromatic nitrogens is 6. The molecule has 0 amide bonds. The summed E-state index contributed by atoms with van der Waals surface area (Å²) in [5.41, 5.74) is 2.59. The van der Waals surface area contributed by atoms with Gasteiger partial charge < -0.3 is 9.58 Å². The SMILES string of the molecule is [C-]#[N+]c1nc2c3nc(C)c(C#N)nc3c3nc(Oc4ccccc4)c(C#N)nc3c2nc1C. The summed E-state index contributed by atoms with van der Waals surface area (Å²) in [6.07, 6.45) is 0. The summed E-state index contributed by atoms with van der Waals surface area (Å²) >= 11 is 0. The highest BCUT2D eigenvalue weighted by atomic mass is 16.5. The zero-order chi connectivity index (χ0) is 23.1. The first-order valence-electron chi connectivity index (χ1n) is 9.65. The monoisotopic (exact) mass is 429 g/mol. The standard InChI is InChI=1S/C23H11N9O/c1-11-14(9-24)29-18-16(27-11)20-17(28-12(2)22(26-3)31-20)19-21(18)32-23(15(10-25)30-19)33-13-7-5-4-6-8-13/h4-8H,1-2H3. The first kappa shape index (κ1) is 19.7. The maximum Gasteiger partial charge on any atom is 0.291 e. The molecule has 0 fully saturated rings. The normalized spacial score (nSPS) is 10.6. The summed E-state index contributed by atoms with van der Waals surface area (Å²) in [6, 6.07) is 12.9. The molecule has 2 aromatic carbocycles. The van der Waals surface area contributed by atoms with Crippen molar-refractivity contribution in [2.24, 2.45) is 0 Å². The van der Waals surface area contributed by atoms with Crippen molar-refractivity contribution in [1.29, 1.82) is 10.5 Å². The van der Waals surface area contributed by atoms with Crippen LogP contribution < -0.4 is 4.74 Å². The molecule has 154 valence electrons. The Kier molecular flexibility index (Phi) is 4.44. The van der Waals surface area contributed by atoms with E-state index < -0.39 is 0 Å². The Labute approximate surface area is 186 Å². The predicted octanol–water partition coefficient (Wildman–Crippen LogP) is 4.22. The molecule has 0 N–H and O–H groups in total. The molecular weight excluding hydrogens is 418 g/mol. The third kappa shape index (κ3) is 3.09. The lowest BCUT2D eigenvalue weighted by molar-refractivity contribution is 0.461. The van der Waals surface area contributed by atoms with Crippen LogP contribution in [0.5, 0.6) is 11.6 Å². The van der Waals surface area contributed by atoms with Gasteiger partial charge >= 0.3 is 0 Å². The Balaban J connectivity index is 1.96. The van der Waals surface area contributed by atoms with Crippen molar-refractivity contribution in [3.8, 4) is 23.8 Å². The van der Waals surface area contributed by atoms with E-state index in [4.69, 9.17) is 11.3 Å². The molecule has 0 saturated carbocycles. The van der Waals surface area contributed by atoms with Crippen LogP contribution in [0, 0.1) is 43.1 Å². The number of benzene rings is 2. The zero-order valence-corrected chi connectivity index (χ0v) is 17.3. The van der Waals surface area contributed by atoms with Crippen LogP contribution in [0.3, 0.4) is 0 Å². The molecule has 0 aliphatic rings.